The summed E-state index contributed by atoms with van der Waals surface area (Å²) in [7, 11) is -2.64. The zero-order valence-electron chi connectivity index (χ0n) is 19.5. The fourth-order valence-corrected chi connectivity index (χ4v) is 4.77. The Balaban J connectivity index is 1.48. The Morgan fingerprint density at radius 2 is 1.80 bits per heavy atom. The molecule has 2 aliphatic rings. The number of aromatic nitrogens is 3. The first-order chi connectivity index (χ1) is 17.0. The van der Waals surface area contributed by atoms with Gasteiger partial charge in [-0.3, -0.25) is 4.90 Å². The van der Waals surface area contributed by atoms with Crippen LogP contribution in [0.15, 0.2) is 18.2 Å². The molecule has 2 atom stereocenters. The lowest BCUT2D eigenvalue weighted by atomic mass is 10.1. The summed E-state index contributed by atoms with van der Waals surface area (Å²) in [6.07, 6.45) is 8.74. The van der Waals surface area contributed by atoms with Gasteiger partial charge in [0.1, 0.15) is 0 Å². The molecule has 1 saturated carbocycles. The van der Waals surface area contributed by atoms with E-state index in [1.54, 1.807) is 0 Å². The number of aromatic hydroxyl groups is 1. The van der Waals surface area contributed by atoms with Crippen molar-refractivity contribution < 1.29 is 23.5 Å². The van der Waals surface area contributed by atoms with Crippen molar-refractivity contribution in [1.82, 2.24) is 19.9 Å². The van der Waals surface area contributed by atoms with E-state index in [2.05, 4.69) is 30.9 Å². The fourth-order valence-electron chi connectivity index (χ4n) is 4.52. The molecule has 1 aromatic heterocycles. The van der Waals surface area contributed by atoms with Crippen molar-refractivity contribution in [3.05, 3.63) is 24.0 Å². The molecule has 1 saturated heterocycles. The Kier molecular flexibility index (Phi) is 8.97. The van der Waals surface area contributed by atoms with E-state index in [1.165, 1.54) is 31.0 Å². The zero-order chi connectivity index (χ0) is 24.6. The van der Waals surface area contributed by atoms with Crippen molar-refractivity contribution in [2.24, 2.45) is 0 Å². The van der Waals surface area contributed by atoms with E-state index in [0.717, 1.165) is 45.1 Å². The van der Waals surface area contributed by atoms with Crippen LogP contribution in [0.5, 0.6) is 5.75 Å². The maximum Gasteiger partial charge on any atom is 0.696 e. The van der Waals surface area contributed by atoms with Gasteiger partial charge in [0, 0.05) is 41.5 Å². The second-order valence-electron chi connectivity index (χ2n) is 8.92. The van der Waals surface area contributed by atoms with E-state index in [-0.39, 0.29) is 24.8 Å². The van der Waals surface area contributed by atoms with Crippen LogP contribution in [0.3, 0.4) is 0 Å². The number of phenols is 1. The first-order valence-electron chi connectivity index (χ1n) is 12.0. The zero-order valence-corrected chi connectivity index (χ0v) is 20.4. The maximum absolute atomic E-state index is 13.8. The number of hydrogen-bond acceptors (Lipinski definition) is 10. The number of nitrogens with one attached hydrogen (secondary N) is 3. The lowest BCUT2D eigenvalue weighted by Crippen LogP contribution is -2.36. The van der Waals surface area contributed by atoms with Crippen LogP contribution in [0.25, 0.3) is 0 Å². The molecular formula is C22H32FN7O4P+. The van der Waals surface area contributed by atoms with Crippen molar-refractivity contribution in [3.8, 4) is 5.75 Å². The summed E-state index contributed by atoms with van der Waals surface area (Å²) in [6, 6.07) is 4.35. The molecule has 2 unspecified atom stereocenters. The summed E-state index contributed by atoms with van der Waals surface area (Å²) in [6.45, 7) is 1.38. The molecule has 5 N–H and O–H groups in total. The summed E-state index contributed by atoms with van der Waals surface area (Å²) in [5.74, 6) is -0.140. The summed E-state index contributed by atoms with van der Waals surface area (Å²) in [4.78, 5) is 24.4. The van der Waals surface area contributed by atoms with Gasteiger partial charge in [0.2, 0.25) is 17.8 Å². The van der Waals surface area contributed by atoms with Gasteiger partial charge in [-0.15, -0.1) is 9.42 Å². The second-order valence-corrected chi connectivity index (χ2v) is 9.65. The Morgan fingerprint density at radius 3 is 2.54 bits per heavy atom. The molecule has 13 heteroatoms. The van der Waals surface area contributed by atoms with Crippen molar-refractivity contribution >= 4 is 31.8 Å². The van der Waals surface area contributed by atoms with E-state index in [9.17, 15) is 14.1 Å². The van der Waals surface area contributed by atoms with Gasteiger partial charge in [-0.2, -0.15) is 15.0 Å². The first kappa shape index (κ1) is 25.4. The SMILES string of the molecule is O=[P+](O)OCN1CCCC1CNc1nc(Nc2ccc(O)c(F)c2)nc(NC2CCCCCC2)n1. The van der Waals surface area contributed by atoms with Gasteiger partial charge in [0.05, 0.1) is 0 Å². The third-order valence-corrected chi connectivity index (χ3v) is 6.69. The highest BCUT2D eigenvalue weighted by atomic mass is 31.1. The van der Waals surface area contributed by atoms with Crippen LogP contribution in [-0.2, 0) is 9.09 Å². The minimum Gasteiger partial charge on any atom is -0.505 e. The average molecular weight is 509 g/mol. The standard InChI is InChI=1S/C22H31FN7O4P/c23-18-12-16(9-10-19(18)31)26-22-28-20(24-13-17-8-5-11-30(17)14-34-35(32)33)27-21(29-22)25-15-6-3-1-2-4-7-15/h9-10,12,15,17H,1-8,11,13-14H2,(H4-,24,25,26,27,28,29,31,32,33)/p+1. The van der Waals surface area contributed by atoms with E-state index >= 15 is 0 Å². The fraction of sp³-hybridized carbons (Fsp3) is 0.591. The molecule has 35 heavy (non-hydrogen) atoms. The predicted molar refractivity (Wildman–Crippen MR) is 130 cm³/mol. The van der Waals surface area contributed by atoms with E-state index in [0.29, 0.717) is 24.1 Å². The Bertz CT molecular complexity index is 1010. The molecule has 190 valence electrons. The molecule has 1 aliphatic heterocycles. The minimum atomic E-state index is -2.64. The van der Waals surface area contributed by atoms with Crippen LogP contribution in [0.4, 0.5) is 27.9 Å². The highest BCUT2D eigenvalue weighted by Gasteiger charge is 2.28. The Morgan fingerprint density at radius 1 is 1.06 bits per heavy atom. The number of halogens is 1. The molecule has 4 rings (SSSR count). The van der Waals surface area contributed by atoms with Crippen LogP contribution < -0.4 is 16.0 Å². The smallest absolute Gasteiger partial charge is 0.505 e. The predicted octanol–water partition coefficient (Wildman–Crippen LogP) is 4.09. The van der Waals surface area contributed by atoms with Gasteiger partial charge in [0.15, 0.2) is 18.3 Å². The Labute approximate surface area is 204 Å². The Hall–Kier alpha value is -2.66. The van der Waals surface area contributed by atoms with Gasteiger partial charge >= 0.3 is 8.25 Å². The highest BCUT2D eigenvalue weighted by molar-refractivity contribution is 7.32. The topological polar surface area (TPSA) is 145 Å². The van der Waals surface area contributed by atoms with Gasteiger partial charge in [-0.05, 0) is 37.8 Å². The van der Waals surface area contributed by atoms with Gasteiger partial charge in [-0.1, -0.05) is 25.7 Å². The van der Waals surface area contributed by atoms with E-state index < -0.39 is 19.8 Å². The molecule has 0 bridgehead atoms. The quantitative estimate of drug-likeness (QED) is 0.180. The molecule has 2 fully saturated rings. The molecule has 0 spiro atoms. The highest BCUT2D eigenvalue weighted by Crippen LogP contribution is 2.25. The van der Waals surface area contributed by atoms with Gasteiger partial charge in [0.25, 0.3) is 0 Å². The van der Waals surface area contributed by atoms with Crippen LogP contribution >= 0.6 is 8.25 Å². The summed E-state index contributed by atoms with van der Waals surface area (Å²) < 4.78 is 29.6. The normalized spacial score (nSPS) is 19.8. The maximum atomic E-state index is 13.8. The molecule has 1 aromatic carbocycles. The molecule has 2 aromatic rings. The van der Waals surface area contributed by atoms with E-state index in [1.807, 2.05) is 4.90 Å². The lowest BCUT2D eigenvalue weighted by Gasteiger charge is -2.22. The monoisotopic (exact) mass is 508 g/mol. The molecule has 2 heterocycles. The largest absolute Gasteiger partial charge is 0.696 e. The first-order valence-corrected chi connectivity index (χ1v) is 13.1. The summed E-state index contributed by atoms with van der Waals surface area (Å²) in [5.41, 5.74) is 0.398. The molecule has 0 radical (unpaired) electrons. The van der Waals surface area contributed by atoms with E-state index in [4.69, 9.17) is 9.42 Å². The summed E-state index contributed by atoms with van der Waals surface area (Å²) in [5, 5.41) is 19.1. The third kappa shape index (κ3) is 7.66. The van der Waals surface area contributed by atoms with Gasteiger partial charge < -0.3 is 21.1 Å². The van der Waals surface area contributed by atoms with Gasteiger partial charge in [-0.25, -0.2) is 4.39 Å². The van der Waals surface area contributed by atoms with Crippen LogP contribution in [0.1, 0.15) is 51.4 Å². The number of rotatable bonds is 10. The lowest BCUT2D eigenvalue weighted by molar-refractivity contribution is 0.114. The number of likely N-dealkylation sites (tertiary alicyclic amines) is 1. The van der Waals surface area contributed by atoms with Crippen molar-refractivity contribution in [2.45, 2.75) is 63.5 Å². The molecular weight excluding hydrogens is 476 g/mol. The average Bonchev–Trinajstić information content (AvgIpc) is 3.12. The number of phenolic OH excluding ortho intramolecular Hbond substituents is 1. The molecule has 11 nitrogen and oxygen atoms in total. The molecule has 1 aliphatic carbocycles. The van der Waals surface area contributed by atoms with Crippen LogP contribution in [-0.4, -0.2) is 61.8 Å². The number of hydrogen-bond donors (Lipinski definition) is 5. The van der Waals surface area contributed by atoms with Crippen LogP contribution in [0, 0.1) is 5.82 Å². The number of nitrogens with zero attached hydrogens (tertiary/aromatic N) is 4. The summed E-state index contributed by atoms with van der Waals surface area (Å²) >= 11 is 0. The number of anilines is 4. The molecule has 0 amide bonds. The third-order valence-electron chi connectivity index (χ3n) is 6.36. The number of benzene rings is 1. The second kappa shape index (κ2) is 12.3. The van der Waals surface area contributed by atoms with Crippen molar-refractivity contribution in [3.63, 3.8) is 0 Å². The van der Waals surface area contributed by atoms with Crippen molar-refractivity contribution in [2.75, 3.05) is 35.8 Å². The van der Waals surface area contributed by atoms with Crippen LogP contribution in [0.2, 0.25) is 0 Å². The van der Waals surface area contributed by atoms with Crippen molar-refractivity contribution in [1.29, 1.82) is 0 Å². The minimum absolute atomic E-state index is 0.0863.